The average Bonchev–Trinajstić information content (AvgIpc) is 2.97. The van der Waals surface area contributed by atoms with Crippen LogP contribution in [0.3, 0.4) is 0 Å². The van der Waals surface area contributed by atoms with Gasteiger partial charge in [-0.05, 0) is 68.0 Å². The first-order chi connectivity index (χ1) is 13.8. The second-order valence-corrected chi connectivity index (χ2v) is 7.19. The van der Waals surface area contributed by atoms with E-state index in [9.17, 15) is 15.2 Å². The number of hydrogen-bond donors (Lipinski definition) is 2. The van der Waals surface area contributed by atoms with Gasteiger partial charge >= 0.3 is 0 Å². The van der Waals surface area contributed by atoms with Crippen molar-refractivity contribution in [1.82, 2.24) is 4.57 Å². The van der Waals surface area contributed by atoms with Crippen LogP contribution in [0.2, 0.25) is 10.0 Å². The molecule has 3 aromatic rings. The van der Waals surface area contributed by atoms with E-state index in [0.29, 0.717) is 10.7 Å². The summed E-state index contributed by atoms with van der Waals surface area (Å²) < 4.78 is 1.98. The number of nitriles is 1. The number of aromatic nitrogens is 1. The lowest BCUT2D eigenvalue weighted by Crippen LogP contribution is -2.13. The van der Waals surface area contributed by atoms with Crippen molar-refractivity contribution in [3.63, 3.8) is 0 Å². The number of aryl methyl sites for hydroxylation is 1. The molecule has 0 spiro atoms. The van der Waals surface area contributed by atoms with Crippen LogP contribution in [-0.4, -0.2) is 15.6 Å². The number of rotatable bonds is 4. The van der Waals surface area contributed by atoms with Crippen LogP contribution in [-0.2, 0) is 4.79 Å². The molecule has 0 bridgehead atoms. The van der Waals surface area contributed by atoms with Crippen LogP contribution in [0.5, 0.6) is 5.75 Å². The third-order valence-corrected chi connectivity index (χ3v) is 5.26. The molecule has 0 aliphatic heterocycles. The molecule has 29 heavy (non-hydrogen) atoms. The molecule has 1 aromatic heterocycles. The van der Waals surface area contributed by atoms with Gasteiger partial charge in [0.1, 0.15) is 17.4 Å². The number of hydrogen-bond acceptors (Lipinski definition) is 3. The van der Waals surface area contributed by atoms with Gasteiger partial charge in [0.2, 0.25) is 0 Å². The lowest BCUT2D eigenvalue weighted by Gasteiger charge is -2.10. The van der Waals surface area contributed by atoms with Gasteiger partial charge in [-0.3, -0.25) is 4.79 Å². The maximum atomic E-state index is 12.6. The SMILES string of the molecule is Cc1cc(/C=C(\C#N)C(=O)Nc2cccc(Cl)c2Cl)c(C)n1-c1ccc(O)cc1. The Hall–Kier alpha value is -3.20. The number of benzene rings is 2. The minimum Gasteiger partial charge on any atom is -0.508 e. The Bertz CT molecular complexity index is 1160. The van der Waals surface area contributed by atoms with Crippen molar-refractivity contribution in [2.24, 2.45) is 0 Å². The second kappa shape index (κ2) is 8.44. The number of anilines is 1. The van der Waals surface area contributed by atoms with E-state index in [0.717, 1.165) is 22.6 Å². The first-order valence-corrected chi connectivity index (χ1v) is 9.43. The van der Waals surface area contributed by atoms with Gasteiger partial charge in [-0.2, -0.15) is 5.26 Å². The number of phenolic OH excluding ortho intramolecular Hbond substituents is 1. The first-order valence-electron chi connectivity index (χ1n) is 8.67. The van der Waals surface area contributed by atoms with Crippen molar-refractivity contribution in [2.75, 3.05) is 5.32 Å². The van der Waals surface area contributed by atoms with E-state index in [1.54, 1.807) is 42.5 Å². The van der Waals surface area contributed by atoms with Gasteiger partial charge in [0.25, 0.3) is 5.91 Å². The maximum absolute atomic E-state index is 12.6. The molecule has 0 unspecified atom stereocenters. The molecule has 0 fully saturated rings. The van der Waals surface area contributed by atoms with Gasteiger partial charge < -0.3 is 15.0 Å². The Morgan fingerprint density at radius 2 is 1.86 bits per heavy atom. The maximum Gasteiger partial charge on any atom is 0.266 e. The highest BCUT2D eigenvalue weighted by Gasteiger charge is 2.15. The predicted molar refractivity (Wildman–Crippen MR) is 116 cm³/mol. The molecule has 3 rings (SSSR count). The summed E-state index contributed by atoms with van der Waals surface area (Å²) in [6.45, 7) is 3.82. The Labute approximate surface area is 178 Å². The van der Waals surface area contributed by atoms with Crippen LogP contribution < -0.4 is 5.32 Å². The Balaban J connectivity index is 1.94. The van der Waals surface area contributed by atoms with Crippen LogP contribution in [0.25, 0.3) is 11.8 Å². The van der Waals surface area contributed by atoms with Crippen molar-refractivity contribution >= 4 is 40.9 Å². The van der Waals surface area contributed by atoms with Crippen molar-refractivity contribution in [3.8, 4) is 17.5 Å². The summed E-state index contributed by atoms with van der Waals surface area (Å²) in [5, 5.41) is 22.1. The molecular formula is C22H17Cl2N3O2. The standard InChI is InChI=1S/C22H17Cl2N3O2/c1-13-10-15(14(2)27(13)17-6-8-18(28)9-7-17)11-16(12-25)22(29)26-20-5-3-4-19(23)21(20)24/h3-11,28H,1-2H3,(H,26,29)/b16-11+. The zero-order valence-corrected chi connectivity index (χ0v) is 17.2. The number of nitrogens with zero attached hydrogens (tertiary/aromatic N) is 2. The third-order valence-electron chi connectivity index (χ3n) is 4.44. The lowest BCUT2D eigenvalue weighted by atomic mass is 10.1. The molecular weight excluding hydrogens is 409 g/mol. The smallest absolute Gasteiger partial charge is 0.266 e. The van der Waals surface area contributed by atoms with E-state index in [-0.39, 0.29) is 16.3 Å². The fourth-order valence-electron chi connectivity index (χ4n) is 3.03. The average molecular weight is 426 g/mol. The Morgan fingerprint density at radius 3 is 2.52 bits per heavy atom. The quantitative estimate of drug-likeness (QED) is 0.418. The van der Waals surface area contributed by atoms with Crippen molar-refractivity contribution < 1.29 is 9.90 Å². The zero-order chi connectivity index (χ0) is 21.1. The molecule has 0 saturated carbocycles. The monoisotopic (exact) mass is 425 g/mol. The van der Waals surface area contributed by atoms with E-state index >= 15 is 0 Å². The van der Waals surface area contributed by atoms with Gasteiger partial charge in [-0.15, -0.1) is 0 Å². The van der Waals surface area contributed by atoms with E-state index in [1.165, 1.54) is 6.08 Å². The predicted octanol–water partition coefficient (Wildman–Crippen LogP) is 5.65. The van der Waals surface area contributed by atoms with Crippen molar-refractivity contribution in [3.05, 3.63) is 81.1 Å². The molecule has 0 radical (unpaired) electrons. The number of amides is 1. The first kappa shape index (κ1) is 20.5. The molecule has 1 amide bonds. The Kier molecular flexibility index (Phi) is 5.97. The number of aromatic hydroxyl groups is 1. The van der Waals surface area contributed by atoms with E-state index in [2.05, 4.69) is 5.32 Å². The zero-order valence-electron chi connectivity index (χ0n) is 15.7. The summed E-state index contributed by atoms with van der Waals surface area (Å²) in [7, 11) is 0. The van der Waals surface area contributed by atoms with Crippen LogP contribution in [0.4, 0.5) is 5.69 Å². The molecule has 1 heterocycles. The van der Waals surface area contributed by atoms with Gasteiger partial charge in [-0.1, -0.05) is 29.3 Å². The highest BCUT2D eigenvalue weighted by atomic mass is 35.5. The fraction of sp³-hybridized carbons (Fsp3) is 0.0909. The number of carbonyl (C=O) groups is 1. The molecule has 5 nitrogen and oxygen atoms in total. The molecule has 2 aromatic carbocycles. The number of nitrogens with one attached hydrogen (secondary N) is 1. The minimum atomic E-state index is -0.578. The van der Waals surface area contributed by atoms with Crippen LogP contribution >= 0.6 is 23.2 Å². The molecule has 0 atom stereocenters. The summed E-state index contributed by atoms with van der Waals surface area (Å²) in [4.78, 5) is 12.6. The third kappa shape index (κ3) is 4.29. The van der Waals surface area contributed by atoms with Gasteiger partial charge in [0.15, 0.2) is 0 Å². The van der Waals surface area contributed by atoms with Crippen molar-refractivity contribution in [1.29, 1.82) is 5.26 Å². The molecule has 0 aliphatic carbocycles. The molecule has 0 aliphatic rings. The van der Waals surface area contributed by atoms with Gasteiger partial charge in [0, 0.05) is 17.1 Å². The van der Waals surface area contributed by atoms with Gasteiger partial charge in [-0.25, -0.2) is 0 Å². The molecule has 2 N–H and O–H groups in total. The largest absolute Gasteiger partial charge is 0.508 e. The highest BCUT2D eigenvalue weighted by molar-refractivity contribution is 6.44. The van der Waals surface area contributed by atoms with E-state index in [4.69, 9.17) is 23.2 Å². The number of carbonyl (C=O) groups excluding carboxylic acids is 1. The molecule has 146 valence electrons. The summed E-state index contributed by atoms with van der Waals surface area (Å²) >= 11 is 12.1. The normalized spacial score (nSPS) is 11.2. The number of phenols is 1. The van der Waals surface area contributed by atoms with Crippen LogP contribution in [0.15, 0.2) is 54.1 Å². The van der Waals surface area contributed by atoms with Gasteiger partial charge in [0.05, 0.1) is 15.7 Å². The highest BCUT2D eigenvalue weighted by Crippen LogP contribution is 2.30. The summed E-state index contributed by atoms with van der Waals surface area (Å²) in [6.07, 6.45) is 1.53. The Morgan fingerprint density at radius 1 is 1.17 bits per heavy atom. The fourth-order valence-corrected chi connectivity index (χ4v) is 3.37. The van der Waals surface area contributed by atoms with Crippen LogP contribution in [0.1, 0.15) is 17.0 Å². The number of halogens is 2. The second-order valence-electron chi connectivity index (χ2n) is 6.40. The van der Waals surface area contributed by atoms with Crippen LogP contribution in [0, 0.1) is 25.2 Å². The summed E-state index contributed by atoms with van der Waals surface area (Å²) in [5.74, 6) is -0.398. The summed E-state index contributed by atoms with van der Waals surface area (Å²) in [5.41, 5.74) is 3.65. The van der Waals surface area contributed by atoms with Crippen molar-refractivity contribution in [2.45, 2.75) is 13.8 Å². The minimum absolute atomic E-state index is 0.0630. The topological polar surface area (TPSA) is 78.0 Å². The van der Waals surface area contributed by atoms with E-state index < -0.39 is 5.91 Å². The summed E-state index contributed by atoms with van der Waals surface area (Å²) in [6, 6.07) is 15.5. The van der Waals surface area contributed by atoms with E-state index in [1.807, 2.05) is 30.6 Å². The molecule has 0 saturated heterocycles. The lowest BCUT2D eigenvalue weighted by molar-refractivity contribution is -0.112. The molecule has 7 heteroatoms.